The quantitative estimate of drug-likeness (QED) is 0.719. The van der Waals surface area contributed by atoms with Crippen molar-refractivity contribution in [2.24, 2.45) is 0 Å². The fourth-order valence-electron chi connectivity index (χ4n) is 1.93. The van der Waals surface area contributed by atoms with Crippen molar-refractivity contribution in [3.05, 3.63) is 60.1 Å². The van der Waals surface area contributed by atoms with E-state index < -0.39 is 0 Å². The largest absolute Gasteiger partial charge is 0.382 e. The summed E-state index contributed by atoms with van der Waals surface area (Å²) in [4.78, 5) is 4.38. The molecule has 5 heteroatoms. The molecule has 1 aromatic heterocycles. The number of rotatable bonds is 7. The molecule has 0 aliphatic rings. The zero-order valence-electron chi connectivity index (χ0n) is 12.6. The van der Waals surface area contributed by atoms with E-state index in [9.17, 15) is 4.39 Å². The first-order valence-electron chi connectivity index (χ1n) is 7.17. The molecule has 1 aromatic carbocycles. The monoisotopic (exact) mass is 317 g/mol. The molecule has 0 unspecified atom stereocenters. The van der Waals surface area contributed by atoms with E-state index in [0.717, 1.165) is 40.6 Å². The summed E-state index contributed by atoms with van der Waals surface area (Å²) < 4.78 is 12.9. The summed E-state index contributed by atoms with van der Waals surface area (Å²) in [5, 5.41) is 4.03. The van der Waals surface area contributed by atoms with E-state index in [4.69, 9.17) is 5.73 Å². The van der Waals surface area contributed by atoms with E-state index >= 15 is 0 Å². The Hall–Kier alpha value is -2.01. The summed E-state index contributed by atoms with van der Waals surface area (Å²) in [6.07, 6.45) is 1.94. The highest BCUT2D eigenvalue weighted by atomic mass is 32.2. The van der Waals surface area contributed by atoms with Crippen molar-refractivity contribution in [3.8, 4) is 0 Å². The lowest BCUT2D eigenvalue weighted by Gasteiger charge is -2.11. The van der Waals surface area contributed by atoms with Crippen LogP contribution in [0.25, 0.3) is 0 Å². The number of nitrogens with zero attached hydrogens (tertiary/aromatic N) is 1. The van der Waals surface area contributed by atoms with Crippen molar-refractivity contribution < 1.29 is 4.39 Å². The normalized spacial score (nSPS) is 10.5. The Morgan fingerprint density at radius 1 is 1.27 bits per heavy atom. The molecule has 3 nitrogen and oxygen atoms in total. The molecule has 0 fully saturated rings. The van der Waals surface area contributed by atoms with Crippen LogP contribution < -0.4 is 11.1 Å². The van der Waals surface area contributed by atoms with E-state index in [1.807, 2.05) is 12.1 Å². The zero-order chi connectivity index (χ0) is 15.9. The van der Waals surface area contributed by atoms with Crippen molar-refractivity contribution in [1.82, 2.24) is 4.98 Å². The molecule has 0 amide bonds. The minimum atomic E-state index is -0.223. The van der Waals surface area contributed by atoms with Gasteiger partial charge < -0.3 is 11.1 Å². The maximum Gasteiger partial charge on any atom is 0.148 e. The van der Waals surface area contributed by atoms with Crippen molar-refractivity contribution in [2.75, 3.05) is 11.1 Å². The number of allylic oxidation sites excluding steroid dienone is 1. The highest BCUT2D eigenvalue weighted by Gasteiger charge is 2.05. The van der Waals surface area contributed by atoms with Crippen LogP contribution in [0.15, 0.2) is 53.7 Å². The van der Waals surface area contributed by atoms with Gasteiger partial charge in [-0.15, -0.1) is 11.8 Å². The van der Waals surface area contributed by atoms with Gasteiger partial charge in [0.25, 0.3) is 0 Å². The summed E-state index contributed by atoms with van der Waals surface area (Å²) in [5.41, 5.74) is 8.74. The summed E-state index contributed by atoms with van der Waals surface area (Å²) in [5.74, 6) is 0.961. The van der Waals surface area contributed by atoms with Gasteiger partial charge in [-0.05, 0) is 36.2 Å². The third-order valence-corrected chi connectivity index (χ3v) is 4.06. The van der Waals surface area contributed by atoms with Gasteiger partial charge in [-0.3, -0.25) is 0 Å². The van der Waals surface area contributed by atoms with Crippen LogP contribution in [0.4, 0.5) is 15.9 Å². The molecule has 0 spiro atoms. The van der Waals surface area contributed by atoms with Gasteiger partial charge in [-0.2, -0.15) is 0 Å². The predicted octanol–water partition coefficient (Wildman–Crippen LogP) is 4.82. The molecule has 0 aliphatic carbocycles. The van der Waals surface area contributed by atoms with Crippen molar-refractivity contribution in [1.29, 1.82) is 0 Å². The number of benzene rings is 1. The first kappa shape index (κ1) is 16.4. The summed E-state index contributed by atoms with van der Waals surface area (Å²) in [6, 6.07) is 10.3. The Bertz CT molecular complexity index is 641. The molecule has 0 saturated heterocycles. The maximum absolute atomic E-state index is 12.9. The van der Waals surface area contributed by atoms with Gasteiger partial charge in [0.15, 0.2) is 0 Å². The van der Waals surface area contributed by atoms with Gasteiger partial charge in [-0.25, -0.2) is 9.37 Å². The Morgan fingerprint density at radius 2 is 2.00 bits per heavy atom. The fraction of sp³-hybridized carbons (Fsp3) is 0.235. The SMILES string of the molecule is C=C(CCC)Nc1ccc(SCc2ccc(F)cc2)nc1N. The number of hydrogen-bond acceptors (Lipinski definition) is 4. The second kappa shape index (κ2) is 7.84. The van der Waals surface area contributed by atoms with Gasteiger partial charge in [-0.1, -0.05) is 32.1 Å². The number of anilines is 2. The molecule has 2 aromatic rings. The number of halogens is 1. The number of hydrogen-bond donors (Lipinski definition) is 2. The van der Waals surface area contributed by atoms with Crippen LogP contribution in [0.2, 0.25) is 0 Å². The lowest BCUT2D eigenvalue weighted by atomic mass is 10.2. The van der Waals surface area contributed by atoms with Crippen LogP contribution in [-0.4, -0.2) is 4.98 Å². The van der Waals surface area contributed by atoms with E-state index in [2.05, 4.69) is 23.8 Å². The van der Waals surface area contributed by atoms with E-state index in [1.54, 1.807) is 23.9 Å². The Kier molecular flexibility index (Phi) is 5.83. The second-order valence-corrected chi connectivity index (χ2v) is 5.97. The Balaban J connectivity index is 1.97. The predicted molar refractivity (Wildman–Crippen MR) is 92.3 cm³/mol. The number of nitrogen functional groups attached to an aromatic ring is 1. The van der Waals surface area contributed by atoms with Gasteiger partial charge >= 0.3 is 0 Å². The molecular weight excluding hydrogens is 297 g/mol. The van der Waals surface area contributed by atoms with Gasteiger partial charge in [0.2, 0.25) is 0 Å². The average Bonchev–Trinajstić information content (AvgIpc) is 2.49. The number of pyridine rings is 1. The Labute approximate surface area is 134 Å². The molecule has 0 atom stereocenters. The van der Waals surface area contributed by atoms with Crippen LogP contribution in [0, 0.1) is 5.82 Å². The second-order valence-electron chi connectivity index (χ2n) is 4.98. The summed E-state index contributed by atoms with van der Waals surface area (Å²) >= 11 is 1.57. The van der Waals surface area contributed by atoms with Crippen LogP contribution in [0.3, 0.4) is 0 Å². The molecule has 1 heterocycles. The molecule has 0 bridgehead atoms. The third-order valence-electron chi connectivity index (χ3n) is 3.06. The molecular formula is C17H20FN3S. The summed E-state index contributed by atoms with van der Waals surface area (Å²) in [6.45, 7) is 6.06. The van der Waals surface area contributed by atoms with Crippen LogP contribution in [0.1, 0.15) is 25.3 Å². The van der Waals surface area contributed by atoms with Crippen LogP contribution >= 0.6 is 11.8 Å². The fourth-order valence-corrected chi connectivity index (χ4v) is 2.77. The van der Waals surface area contributed by atoms with Gasteiger partial charge in [0.1, 0.15) is 11.6 Å². The van der Waals surface area contributed by atoms with Crippen molar-refractivity contribution in [3.63, 3.8) is 0 Å². The number of nitrogens with one attached hydrogen (secondary N) is 1. The molecule has 0 saturated carbocycles. The molecule has 3 N–H and O–H groups in total. The molecule has 22 heavy (non-hydrogen) atoms. The van der Waals surface area contributed by atoms with Crippen LogP contribution in [0.5, 0.6) is 0 Å². The zero-order valence-corrected chi connectivity index (χ0v) is 13.4. The minimum Gasteiger partial charge on any atom is -0.382 e. The topological polar surface area (TPSA) is 50.9 Å². The van der Waals surface area contributed by atoms with Gasteiger partial charge in [0, 0.05) is 11.4 Å². The maximum atomic E-state index is 12.9. The highest BCUT2D eigenvalue weighted by Crippen LogP contribution is 2.26. The van der Waals surface area contributed by atoms with E-state index in [1.165, 1.54) is 12.1 Å². The van der Waals surface area contributed by atoms with E-state index in [0.29, 0.717) is 5.82 Å². The first-order chi connectivity index (χ1) is 10.6. The highest BCUT2D eigenvalue weighted by molar-refractivity contribution is 7.98. The third kappa shape index (κ3) is 4.77. The average molecular weight is 317 g/mol. The lowest BCUT2D eigenvalue weighted by Crippen LogP contribution is -2.03. The summed E-state index contributed by atoms with van der Waals surface area (Å²) in [7, 11) is 0. The Morgan fingerprint density at radius 3 is 2.64 bits per heavy atom. The minimum absolute atomic E-state index is 0.223. The molecule has 0 radical (unpaired) electrons. The standard InChI is InChI=1S/C17H20FN3S/c1-3-4-12(2)20-15-9-10-16(21-17(15)19)22-11-13-5-7-14(18)8-6-13/h5-10,20H,2-4,11H2,1H3,(H2,19,21). The van der Waals surface area contributed by atoms with E-state index in [-0.39, 0.29) is 5.82 Å². The number of aromatic nitrogens is 1. The number of thioether (sulfide) groups is 1. The molecule has 2 rings (SSSR count). The molecule has 0 aliphatic heterocycles. The van der Waals surface area contributed by atoms with Gasteiger partial charge in [0.05, 0.1) is 10.7 Å². The smallest absolute Gasteiger partial charge is 0.148 e. The van der Waals surface area contributed by atoms with Crippen LogP contribution in [-0.2, 0) is 5.75 Å². The first-order valence-corrected chi connectivity index (χ1v) is 8.15. The molecule has 116 valence electrons. The number of nitrogens with two attached hydrogens (primary N) is 1. The van der Waals surface area contributed by atoms with Crippen molar-refractivity contribution >= 4 is 23.3 Å². The lowest BCUT2D eigenvalue weighted by molar-refractivity contribution is 0.627. The van der Waals surface area contributed by atoms with Crippen molar-refractivity contribution in [2.45, 2.75) is 30.5 Å².